The molecule has 1 fully saturated rings. The van der Waals surface area contributed by atoms with Gasteiger partial charge in [0.15, 0.2) is 0 Å². The van der Waals surface area contributed by atoms with Crippen LogP contribution >= 0.6 is 0 Å². The molecule has 1 aliphatic carbocycles. The van der Waals surface area contributed by atoms with Crippen molar-refractivity contribution in [2.45, 2.75) is 64.5 Å². The van der Waals surface area contributed by atoms with Crippen LogP contribution in [-0.2, 0) is 14.0 Å². The molecule has 56 heavy (non-hydrogen) atoms. The maximum Gasteiger partial charge on any atom is 0.488 e. The first-order valence-electron chi connectivity index (χ1n) is 19.4. The van der Waals surface area contributed by atoms with Crippen LogP contribution in [0.1, 0.15) is 58.9 Å². The number of amides is 2. The van der Waals surface area contributed by atoms with Gasteiger partial charge in [-0.25, -0.2) is 0 Å². The first-order chi connectivity index (χ1) is 26.8. The second-order valence-corrected chi connectivity index (χ2v) is 20.2. The Balaban J connectivity index is 1.43. The number of phenolic OH excluding ortho intramolecular Hbond substituents is 1. The summed E-state index contributed by atoms with van der Waals surface area (Å²) in [5.41, 5.74) is 3.48. The smallest absolute Gasteiger partial charge is 0.488 e. The predicted molar refractivity (Wildman–Crippen MR) is 223 cm³/mol. The van der Waals surface area contributed by atoms with E-state index in [1.54, 1.807) is 30.3 Å². The number of hydrogen-bond acceptors (Lipinski definition) is 8. The number of allylic oxidation sites excluding steroid dienone is 1. The largest absolute Gasteiger partial charge is 0.508 e. The molecule has 4 atom stereocenters. The van der Waals surface area contributed by atoms with Crippen molar-refractivity contribution >= 4 is 54.8 Å². The molecule has 2 amide bonds. The van der Waals surface area contributed by atoms with Crippen LogP contribution < -0.4 is 20.7 Å². The molecule has 6 rings (SSSR count). The van der Waals surface area contributed by atoms with E-state index in [1.807, 2.05) is 55.5 Å². The van der Waals surface area contributed by atoms with Crippen LogP contribution in [0.15, 0.2) is 126 Å². The molecule has 292 valence electrons. The van der Waals surface area contributed by atoms with E-state index in [4.69, 9.17) is 4.43 Å². The summed E-state index contributed by atoms with van der Waals surface area (Å²) in [6, 6.07) is 33.4. The van der Waals surface area contributed by atoms with Crippen LogP contribution in [0.4, 0.5) is 5.69 Å². The van der Waals surface area contributed by atoms with Gasteiger partial charge in [-0.1, -0.05) is 124 Å². The highest BCUT2D eigenvalue weighted by Gasteiger charge is 2.56. The lowest BCUT2D eigenvalue weighted by molar-refractivity contribution is -0.123. The van der Waals surface area contributed by atoms with E-state index in [0.29, 0.717) is 30.4 Å². The van der Waals surface area contributed by atoms with Gasteiger partial charge in [-0.2, -0.15) is 0 Å². The zero-order valence-corrected chi connectivity index (χ0v) is 33.5. The molecule has 0 spiro atoms. The van der Waals surface area contributed by atoms with Crippen molar-refractivity contribution in [2.75, 3.05) is 18.1 Å². The van der Waals surface area contributed by atoms with Gasteiger partial charge in [0.1, 0.15) is 5.75 Å². The molecule has 0 radical (unpaired) electrons. The Morgan fingerprint density at radius 3 is 2.12 bits per heavy atom. The highest BCUT2D eigenvalue weighted by Crippen LogP contribution is 2.48. The van der Waals surface area contributed by atoms with Crippen molar-refractivity contribution in [1.29, 1.82) is 0 Å². The summed E-state index contributed by atoms with van der Waals surface area (Å²) in [5, 5.41) is 54.9. The zero-order chi connectivity index (χ0) is 40.2. The van der Waals surface area contributed by atoms with Crippen LogP contribution in [0.3, 0.4) is 0 Å². The van der Waals surface area contributed by atoms with Crippen LogP contribution in [0.2, 0.25) is 5.04 Å². The first-order valence-corrected chi connectivity index (χ1v) is 21.3. The highest BCUT2D eigenvalue weighted by molar-refractivity contribution is 6.99. The number of carbonyl (C=O) groups excluding carboxylic acids is 2. The van der Waals surface area contributed by atoms with Gasteiger partial charge in [0, 0.05) is 5.92 Å². The fourth-order valence-electron chi connectivity index (χ4n) is 8.81. The molecule has 2 aliphatic rings. The number of aliphatic hydroxyl groups excluding tert-OH is 2. The highest BCUT2D eigenvalue weighted by atomic mass is 28.4. The second kappa shape index (κ2) is 17.3. The third-order valence-corrected chi connectivity index (χ3v) is 16.5. The SMILES string of the molecule is CC/C(=C\c1cccc(O)c1)CC[C@@H](O)C1=C(CO[Si](c2ccccc2)(c2ccccc2)C(C)(C)C)C[C@H]2C(=O)N(c3cccc(B(O)O)c3)C(=O)[C@H]2[C@H]1CO. The number of hydrogen-bond donors (Lipinski definition) is 5. The average molecular weight is 774 g/mol. The van der Waals surface area contributed by atoms with Gasteiger partial charge in [-0.3, -0.25) is 14.5 Å². The van der Waals surface area contributed by atoms with Gasteiger partial charge in [0.25, 0.3) is 8.32 Å². The summed E-state index contributed by atoms with van der Waals surface area (Å²) in [6.45, 7) is 8.17. The monoisotopic (exact) mass is 773 g/mol. The van der Waals surface area contributed by atoms with Crippen molar-refractivity contribution in [3.8, 4) is 5.75 Å². The summed E-state index contributed by atoms with van der Waals surface area (Å²) in [6.07, 6.45) is 2.61. The quantitative estimate of drug-likeness (QED) is 0.0705. The predicted octanol–water partition coefficient (Wildman–Crippen LogP) is 4.70. The summed E-state index contributed by atoms with van der Waals surface area (Å²) < 4.78 is 7.37. The molecular formula is C45H52BNO8Si. The third-order valence-electron chi connectivity index (χ3n) is 11.5. The summed E-state index contributed by atoms with van der Waals surface area (Å²) >= 11 is 0. The van der Waals surface area contributed by atoms with Crippen LogP contribution in [-0.4, -0.2) is 71.9 Å². The summed E-state index contributed by atoms with van der Waals surface area (Å²) in [4.78, 5) is 29.8. The lowest BCUT2D eigenvalue weighted by atomic mass is 9.68. The number of carbonyl (C=O) groups is 2. The average Bonchev–Trinajstić information content (AvgIpc) is 3.44. The normalized spacial score (nSPS) is 19.7. The molecule has 4 aromatic rings. The Morgan fingerprint density at radius 1 is 0.911 bits per heavy atom. The number of benzene rings is 4. The molecule has 5 N–H and O–H groups in total. The number of nitrogens with zero attached hydrogens (tertiary/aromatic N) is 1. The van der Waals surface area contributed by atoms with Gasteiger partial charge in [0.05, 0.1) is 36.8 Å². The Morgan fingerprint density at radius 2 is 1.55 bits per heavy atom. The standard InChI is InChI=1S/C45H52BNO8Si/c1-5-30(24-31-14-12-17-35(49)25-31)22-23-40(50)41-32(29-55-56(45(2,3)4,36-18-8-6-9-19-36)37-20-10-7-11-21-37)26-38-42(39(41)28-48)44(52)47(43(38)51)34-16-13-15-33(27-34)46(53)54/h6-21,24-25,27,38-40,42,48-50,53-54H,5,22-23,26,28-29H2,1-4H3/b30-24+/t38-,39+,40-,42-/m1/s1. The Kier molecular flexibility index (Phi) is 12.6. The van der Waals surface area contributed by atoms with Gasteiger partial charge in [0.2, 0.25) is 11.8 Å². The molecule has 4 aromatic carbocycles. The van der Waals surface area contributed by atoms with E-state index < -0.39 is 57.7 Å². The van der Waals surface area contributed by atoms with Crippen molar-refractivity contribution in [3.05, 3.63) is 131 Å². The minimum absolute atomic E-state index is 0.0762. The van der Waals surface area contributed by atoms with Gasteiger partial charge in [-0.15, -0.1) is 0 Å². The lowest BCUT2D eigenvalue weighted by Gasteiger charge is -2.44. The lowest BCUT2D eigenvalue weighted by Crippen LogP contribution is -2.66. The van der Waals surface area contributed by atoms with Crippen molar-refractivity contribution in [1.82, 2.24) is 0 Å². The Bertz CT molecular complexity index is 2040. The molecule has 0 bridgehead atoms. The van der Waals surface area contributed by atoms with Crippen molar-refractivity contribution in [3.63, 3.8) is 0 Å². The number of fused-ring (bicyclic) bond motifs is 1. The van der Waals surface area contributed by atoms with Crippen LogP contribution in [0.5, 0.6) is 5.75 Å². The number of anilines is 1. The maximum absolute atomic E-state index is 14.3. The van der Waals surface area contributed by atoms with E-state index >= 15 is 0 Å². The molecule has 11 heteroatoms. The van der Waals surface area contributed by atoms with E-state index in [1.165, 1.54) is 12.1 Å². The molecule has 1 heterocycles. The number of aromatic hydroxyl groups is 1. The van der Waals surface area contributed by atoms with Crippen molar-refractivity contribution < 1.29 is 39.4 Å². The van der Waals surface area contributed by atoms with Crippen LogP contribution in [0.25, 0.3) is 6.08 Å². The topological polar surface area (TPSA) is 148 Å². The van der Waals surface area contributed by atoms with Gasteiger partial charge < -0.3 is 29.8 Å². The fraction of sp³-hybridized carbons (Fsp3) is 0.333. The van der Waals surface area contributed by atoms with E-state index in [9.17, 15) is 35.0 Å². The van der Waals surface area contributed by atoms with Crippen molar-refractivity contribution in [2.24, 2.45) is 17.8 Å². The first kappa shape index (κ1) is 41.0. The Labute approximate surface area is 330 Å². The number of phenols is 1. The van der Waals surface area contributed by atoms with E-state index in [0.717, 1.165) is 26.4 Å². The molecule has 9 nitrogen and oxygen atoms in total. The summed E-state index contributed by atoms with van der Waals surface area (Å²) in [5.74, 6) is -3.41. The maximum atomic E-state index is 14.3. The molecule has 0 saturated carbocycles. The molecule has 1 aliphatic heterocycles. The van der Waals surface area contributed by atoms with E-state index in [2.05, 4.69) is 45.0 Å². The number of imide groups is 1. The van der Waals surface area contributed by atoms with Gasteiger partial charge >= 0.3 is 7.12 Å². The number of aliphatic hydroxyl groups is 2. The Hall–Kier alpha value is -4.62. The van der Waals surface area contributed by atoms with Crippen LogP contribution in [0, 0.1) is 17.8 Å². The molecular weight excluding hydrogens is 721 g/mol. The van der Waals surface area contributed by atoms with E-state index in [-0.39, 0.29) is 35.0 Å². The molecule has 0 unspecified atom stereocenters. The molecule has 0 aromatic heterocycles. The zero-order valence-electron chi connectivity index (χ0n) is 32.5. The number of rotatable bonds is 14. The minimum Gasteiger partial charge on any atom is -0.508 e. The third kappa shape index (κ3) is 8.11. The second-order valence-electron chi connectivity index (χ2n) is 15.9. The molecule has 1 saturated heterocycles. The minimum atomic E-state index is -3.08. The summed E-state index contributed by atoms with van der Waals surface area (Å²) in [7, 11) is -4.88. The fourth-order valence-corrected chi connectivity index (χ4v) is 13.4. The van der Waals surface area contributed by atoms with Gasteiger partial charge in [-0.05, 0) is 87.5 Å².